The standard InChI is InChI=1S/C15H24N2/c1-13(14-7-4-3-5-8-14)16-15-9-6-11-17(2)12-10-15/h3-5,7-8,13,15-16H,6,9-12H2,1-2H3/t13-,15?/m1/s1. The van der Waals surface area contributed by atoms with E-state index in [1.54, 1.807) is 0 Å². The molecule has 0 saturated carbocycles. The fourth-order valence-electron chi connectivity index (χ4n) is 2.60. The van der Waals surface area contributed by atoms with Crippen LogP contribution in [0.3, 0.4) is 0 Å². The molecule has 1 aliphatic heterocycles. The third-order valence-electron chi connectivity index (χ3n) is 3.74. The molecule has 2 rings (SSSR count). The van der Waals surface area contributed by atoms with Crippen molar-refractivity contribution in [3.05, 3.63) is 35.9 Å². The molecule has 2 atom stereocenters. The lowest BCUT2D eigenvalue weighted by molar-refractivity contribution is 0.340. The maximum Gasteiger partial charge on any atom is 0.0294 e. The highest BCUT2D eigenvalue weighted by molar-refractivity contribution is 5.18. The summed E-state index contributed by atoms with van der Waals surface area (Å²) < 4.78 is 0. The Hall–Kier alpha value is -0.860. The van der Waals surface area contributed by atoms with E-state index in [1.165, 1.54) is 37.9 Å². The number of hydrogen-bond donors (Lipinski definition) is 1. The van der Waals surface area contributed by atoms with E-state index in [1.807, 2.05) is 0 Å². The maximum atomic E-state index is 3.77. The molecule has 0 radical (unpaired) electrons. The van der Waals surface area contributed by atoms with E-state index in [0.717, 1.165) is 0 Å². The van der Waals surface area contributed by atoms with Crippen molar-refractivity contribution < 1.29 is 0 Å². The van der Waals surface area contributed by atoms with Crippen LogP contribution >= 0.6 is 0 Å². The van der Waals surface area contributed by atoms with Crippen LogP contribution in [-0.4, -0.2) is 31.1 Å². The molecule has 0 aromatic heterocycles. The second-order valence-corrected chi connectivity index (χ2v) is 5.23. The SMILES string of the molecule is C[C@@H](NC1CCCN(C)CC1)c1ccccc1. The van der Waals surface area contributed by atoms with Crippen molar-refractivity contribution in [2.24, 2.45) is 0 Å². The molecule has 0 bridgehead atoms. The first-order valence-corrected chi connectivity index (χ1v) is 6.75. The van der Waals surface area contributed by atoms with E-state index in [9.17, 15) is 0 Å². The molecule has 1 saturated heterocycles. The maximum absolute atomic E-state index is 3.77. The van der Waals surface area contributed by atoms with Gasteiger partial charge in [-0.15, -0.1) is 0 Å². The summed E-state index contributed by atoms with van der Waals surface area (Å²) in [6.07, 6.45) is 3.89. The average Bonchev–Trinajstić information content (AvgIpc) is 2.56. The molecule has 2 nitrogen and oxygen atoms in total. The Balaban J connectivity index is 1.88. The summed E-state index contributed by atoms with van der Waals surface area (Å²) in [7, 11) is 2.23. The molecule has 0 amide bonds. The molecule has 1 heterocycles. The molecule has 17 heavy (non-hydrogen) atoms. The first-order chi connectivity index (χ1) is 8.25. The van der Waals surface area contributed by atoms with Crippen molar-refractivity contribution >= 4 is 0 Å². The van der Waals surface area contributed by atoms with Crippen LogP contribution in [0.4, 0.5) is 0 Å². The van der Waals surface area contributed by atoms with Gasteiger partial charge in [-0.1, -0.05) is 30.3 Å². The van der Waals surface area contributed by atoms with E-state index in [4.69, 9.17) is 0 Å². The predicted octanol–water partition coefficient (Wildman–Crippen LogP) is 2.82. The van der Waals surface area contributed by atoms with Crippen LogP contribution in [0.2, 0.25) is 0 Å². The zero-order valence-electron chi connectivity index (χ0n) is 11.0. The minimum Gasteiger partial charge on any atom is -0.307 e. The topological polar surface area (TPSA) is 15.3 Å². The van der Waals surface area contributed by atoms with Gasteiger partial charge in [0.15, 0.2) is 0 Å². The van der Waals surface area contributed by atoms with Crippen molar-refractivity contribution in [3.63, 3.8) is 0 Å². The predicted molar refractivity (Wildman–Crippen MR) is 73.1 cm³/mol. The van der Waals surface area contributed by atoms with Crippen LogP contribution < -0.4 is 5.32 Å². The van der Waals surface area contributed by atoms with Crippen LogP contribution in [0.25, 0.3) is 0 Å². The van der Waals surface area contributed by atoms with Gasteiger partial charge in [-0.2, -0.15) is 0 Å². The first-order valence-electron chi connectivity index (χ1n) is 6.75. The molecule has 1 fully saturated rings. The van der Waals surface area contributed by atoms with Crippen LogP contribution in [0.5, 0.6) is 0 Å². The number of nitrogens with one attached hydrogen (secondary N) is 1. The summed E-state index contributed by atoms with van der Waals surface area (Å²) in [4.78, 5) is 2.44. The van der Waals surface area contributed by atoms with Crippen molar-refractivity contribution in [3.8, 4) is 0 Å². The van der Waals surface area contributed by atoms with E-state index < -0.39 is 0 Å². The second-order valence-electron chi connectivity index (χ2n) is 5.23. The van der Waals surface area contributed by atoms with Gasteiger partial charge in [0.25, 0.3) is 0 Å². The van der Waals surface area contributed by atoms with Crippen LogP contribution in [0.15, 0.2) is 30.3 Å². The zero-order chi connectivity index (χ0) is 12.1. The van der Waals surface area contributed by atoms with Gasteiger partial charge >= 0.3 is 0 Å². The second kappa shape index (κ2) is 6.18. The molecule has 1 aliphatic rings. The molecule has 1 aromatic rings. The Labute approximate surface area is 105 Å². The largest absolute Gasteiger partial charge is 0.307 e. The minimum absolute atomic E-state index is 0.463. The normalized spacial score (nSPS) is 24.2. The van der Waals surface area contributed by atoms with E-state index in [-0.39, 0.29) is 0 Å². The summed E-state index contributed by atoms with van der Waals surface area (Å²) >= 11 is 0. The Morgan fingerprint density at radius 1 is 1.18 bits per heavy atom. The van der Waals surface area contributed by atoms with Crippen LogP contribution in [0.1, 0.15) is 37.8 Å². The average molecular weight is 232 g/mol. The van der Waals surface area contributed by atoms with Crippen LogP contribution in [-0.2, 0) is 0 Å². The summed E-state index contributed by atoms with van der Waals surface area (Å²) in [5.41, 5.74) is 1.39. The van der Waals surface area contributed by atoms with Crippen molar-refractivity contribution in [1.29, 1.82) is 0 Å². The van der Waals surface area contributed by atoms with Crippen molar-refractivity contribution in [2.75, 3.05) is 20.1 Å². The molecular weight excluding hydrogens is 208 g/mol. The van der Waals surface area contributed by atoms with Crippen LogP contribution in [0, 0.1) is 0 Å². The Bertz CT molecular complexity index is 323. The van der Waals surface area contributed by atoms with Crippen molar-refractivity contribution in [1.82, 2.24) is 10.2 Å². The Morgan fingerprint density at radius 3 is 2.71 bits per heavy atom. The van der Waals surface area contributed by atoms with E-state index in [0.29, 0.717) is 12.1 Å². The smallest absolute Gasteiger partial charge is 0.0294 e. The van der Waals surface area contributed by atoms with Gasteiger partial charge in [0.1, 0.15) is 0 Å². The van der Waals surface area contributed by atoms with E-state index in [2.05, 4.69) is 54.5 Å². The lowest BCUT2D eigenvalue weighted by Gasteiger charge is -2.22. The van der Waals surface area contributed by atoms with Gasteiger partial charge in [0.2, 0.25) is 0 Å². The molecule has 1 N–H and O–H groups in total. The lowest BCUT2D eigenvalue weighted by Crippen LogP contribution is -2.32. The van der Waals surface area contributed by atoms with Gasteiger partial charge in [-0.25, -0.2) is 0 Å². The number of benzene rings is 1. The molecule has 2 heteroatoms. The van der Waals surface area contributed by atoms with Gasteiger partial charge in [0.05, 0.1) is 0 Å². The molecular formula is C15H24N2. The quantitative estimate of drug-likeness (QED) is 0.862. The summed E-state index contributed by atoms with van der Waals surface area (Å²) in [6, 6.07) is 11.9. The summed E-state index contributed by atoms with van der Waals surface area (Å²) in [6.45, 7) is 4.74. The number of likely N-dealkylation sites (tertiary alicyclic amines) is 1. The Kier molecular flexibility index (Phi) is 4.57. The first kappa shape index (κ1) is 12.6. The third kappa shape index (κ3) is 3.83. The highest BCUT2D eigenvalue weighted by atomic mass is 15.1. The minimum atomic E-state index is 0.463. The molecule has 0 aliphatic carbocycles. The highest BCUT2D eigenvalue weighted by Crippen LogP contribution is 2.16. The zero-order valence-corrected chi connectivity index (χ0v) is 11.0. The summed E-state index contributed by atoms with van der Waals surface area (Å²) in [5.74, 6) is 0. The fourth-order valence-corrected chi connectivity index (χ4v) is 2.60. The molecule has 0 spiro atoms. The lowest BCUT2D eigenvalue weighted by atomic mass is 10.0. The number of nitrogens with zero attached hydrogens (tertiary/aromatic N) is 1. The Morgan fingerprint density at radius 2 is 1.94 bits per heavy atom. The number of rotatable bonds is 3. The van der Waals surface area contributed by atoms with Crippen molar-refractivity contribution in [2.45, 2.75) is 38.3 Å². The third-order valence-corrected chi connectivity index (χ3v) is 3.74. The van der Waals surface area contributed by atoms with Gasteiger partial charge in [-0.3, -0.25) is 0 Å². The van der Waals surface area contributed by atoms with Gasteiger partial charge in [0, 0.05) is 12.1 Å². The highest BCUT2D eigenvalue weighted by Gasteiger charge is 2.16. The molecule has 1 unspecified atom stereocenters. The van der Waals surface area contributed by atoms with Gasteiger partial charge in [-0.05, 0) is 51.9 Å². The summed E-state index contributed by atoms with van der Waals surface area (Å²) in [5, 5.41) is 3.77. The molecule has 1 aromatic carbocycles. The number of hydrogen-bond acceptors (Lipinski definition) is 2. The monoisotopic (exact) mass is 232 g/mol. The van der Waals surface area contributed by atoms with Gasteiger partial charge < -0.3 is 10.2 Å². The fraction of sp³-hybridized carbons (Fsp3) is 0.600. The van der Waals surface area contributed by atoms with E-state index >= 15 is 0 Å². The molecule has 94 valence electrons.